The molecular weight excluding hydrogens is 391 g/mol. The topological polar surface area (TPSA) is 65.0 Å². The molecule has 0 amide bonds. The fourth-order valence-electron chi connectivity index (χ4n) is 3.85. The summed E-state index contributed by atoms with van der Waals surface area (Å²) in [6.07, 6.45) is 1.97. The smallest absolute Gasteiger partial charge is 0.495 e. The molecule has 0 saturated carbocycles. The van der Waals surface area contributed by atoms with Gasteiger partial charge >= 0.3 is 7.12 Å². The lowest BCUT2D eigenvalue weighted by Crippen LogP contribution is -2.41. The fraction of sp³-hybridized carbons (Fsp3) is 0.409. The van der Waals surface area contributed by atoms with Crippen LogP contribution in [0.1, 0.15) is 61.7 Å². The minimum absolute atomic E-state index is 0.136. The molecule has 0 spiro atoms. The van der Waals surface area contributed by atoms with E-state index in [1.54, 1.807) is 0 Å². The highest BCUT2D eigenvalue weighted by Crippen LogP contribution is 2.41. The van der Waals surface area contributed by atoms with Gasteiger partial charge in [0.25, 0.3) is 0 Å². The Balaban J connectivity index is 1.62. The number of hydrogen-bond donors (Lipinski definition) is 1. The van der Waals surface area contributed by atoms with Gasteiger partial charge < -0.3 is 19.2 Å². The van der Waals surface area contributed by atoms with Crippen molar-refractivity contribution in [3.8, 4) is 11.5 Å². The Kier molecular flexibility index (Phi) is 4.92. The second-order valence-electron chi connectivity index (χ2n) is 8.61. The minimum Gasteiger partial charge on any atom is -0.507 e. The number of aldehydes is 1. The van der Waals surface area contributed by atoms with Crippen molar-refractivity contribution >= 4 is 30.5 Å². The summed E-state index contributed by atoms with van der Waals surface area (Å²) in [7, 11) is -0.423. The summed E-state index contributed by atoms with van der Waals surface area (Å²) in [5.74, 6) is 0.206. The molecule has 5 nitrogen and oxygen atoms in total. The molecule has 0 unspecified atom stereocenters. The molecule has 1 heterocycles. The van der Waals surface area contributed by atoms with E-state index in [1.807, 2.05) is 45.9 Å². The molecule has 0 aromatic heterocycles. The van der Waals surface area contributed by atoms with Crippen LogP contribution in [-0.2, 0) is 15.7 Å². The number of benzene rings is 2. The first-order valence-corrected chi connectivity index (χ1v) is 10.1. The van der Waals surface area contributed by atoms with Crippen molar-refractivity contribution in [2.75, 3.05) is 0 Å². The number of phenolic OH excluding ortho intramolecular Hbond substituents is 1. The Morgan fingerprint density at radius 3 is 2.55 bits per heavy atom. The molecule has 2 aliphatic rings. The van der Waals surface area contributed by atoms with Crippen LogP contribution < -0.4 is 10.2 Å². The van der Waals surface area contributed by atoms with Crippen LogP contribution in [0.25, 0.3) is 0 Å². The van der Waals surface area contributed by atoms with Gasteiger partial charge in [0, 0.05) is 6.07 Å². The van der Waals surface area contributed by atoms with Crippen LogP contribution in [0.5, 0.6) is 11.5 Å². The van der Waals surface area contributed by atoms with Gasteiger partial charge in [-0.25, -0.2) is 0 Å². The number of aromatic hydroxyl groups is 1. The SMILES string of the molecule is CC1(C)OB(c2cccc3c2CC[C@@H]3Oc2cc(O)c(C=O)cc2Cl)OC1(C)C. The summed E-state index contributed by atoms with van der Waals surface area (Å²) in [4.78, 5) is 11.0. The average Bonchev–Trinajstić information content (AvgIpc) is 3.15. The van der Waals surface area contributed by atoms with E-state index < -0.39 is 18.3 Å². The van der Waals surface area contributed by atoms with Crippen molar-refractivity contribution < 1.29 is 23.9 Å². The number of ether oxygens (including phenoxy) is 1. The molecule has 1 fully saturated rings. The Morgan fingerprint density at radius 1 is 1.21 bits per heavy atom. The van der Waals surface area contributed by atoms with Crippen molar-refractivity contribution in [3.63, 3.8) is 0 Å². The standard InChI is InChI=1S/C22H24BClO5/c1-21(2)22(3,4)29-23(28-21)16-7-5-6-15-14(16)8-9-19(15)27-20-11-18(26)13(12-25)10-17(20)24/h5-7,10-12,19,26H,8-9H2,1-4H3/t19-/m0/s1. The zero-order valence-corrected chi connectivity index (χ0v) is 17.7. The van der Waals surface area contributed by atoms with Gasteiger partial charge in [0.05, 0.1) is 21.8 Å². The summed E-state index contributed by atoms with van der Waals surface area (Å²) >= 11 is 6.25. The number of halogens is 1. The summed E-state index contributed by atoms with van der Waals surface area (Å²) in [5.41, 5.74) is 2.59. The Bertz CT molecular complexity index is 956. The Hall–Kier alpha value is -2.02. The zero-order valence-electron chi connectivity index (χ0n) is 17.0. The first-order valence-electron chi connectivity index (χ1n) is 9.74. The number of carbonyl (C=O) groups excluding carboxylic acids is 1. The van der Waals surface area contributed by atoms with Gasteiger partial charge in [-0.05, 0) is 63.2 Å². The first kappa shape index (κ1) is 20.3. The fourth-order valence-corrected chi connectivity index (χ4v) is 4.07. The maximum atomic E-state index is 11.0. The third kappa shape index (κ3) is 3.43. The lowest BCUT2D eigenvalue weighted by molar-refractivity contribution is 0.00578. The molecule has 2 aromatic rings. The minimum atomic E-state index is -0.423. The van der Waals surface area contributed by atoms with E-state index in [9.17, 15) is 9.90 Å². The molecule has 7 heteroatoms. The van der Waals surface area contributed by atoms with Crippen LogP contribution in [0.2, 0.25) is 5.02 Å². The van der Waals surface area contributed by atoms with E-state index in [4.69, 9.17) is 25.6 Å². The van der Waals surface area contributed by atoms with E-state index in [-0.39, 0.29) is 17.4 Å². The largest absolute Gasteiger partial charge is 0.507 e. The van der Waals surface area contributed by atoms with Crippen LogP contribution in [0.4, 0.5) is 0 Å². The zero-order chi connectivity index (χ0) is 21.0. The molecular formula is C22H24BClO5. The lowest BCUT2D eigenvalue weighted by Gasteiger charge is -2.32. The van der Waals surface area contributed by atoms with Crippen LogP contribution in [0, 0.1) is 0 Å². The monoisotopic (exact) mass is 414 g/mol. The Morgan fingerprint density at radius 2 is 1.90 bits per heavy atom. The molecule has 29 heavy (non-hydrogen) atoms. The number of fused-ring (bicyclic) bond motifs is 1. The number of carbonyl (C=O) groups is 1. The molecule has 1 aliphatic heterocycles. The average molecular weight is 415 g/mol. The van der Waals surface area contributed by atoms with Crippen molar-refractivity contribution in [1.29, 1.82) is 0 Å². The van der Waals surface area contributed by atoms with Crippen LogP contribution >= 0.6 is 11.6 Å². The molecule has 1 saturated heterocycles. The van der Waals surface area contributed by atoms with Gasteiger partial charge in [-0.2, -0.15) is 0 Å². The van der Waals surface area contributed by atoms with Gasteiger partial charge in [-0.15, -0.1) is 0 Å². The van der Waals surface area contributed by atoms with Gasteiger partial charge in [0.15, 0.2) is 6.29 Å². The highest BCUT2D eigenvalue weighted by atomic mass is 35.5. The summed E-state index contributed by atoms with van der Waals surface area (Å²) in [6, 6.07) is 8.86. The number of phenols is 1. The normalized spacial score (nSPS) is 21.8. The van der Waals surface area contributed by atoms with Crippen LogP contribution in [-0.4, -0.2) is 29.7 Å². The van der Waals surface area contributed by atoms with E-state index in [2.05, 4.69) is 0 Å². The predicted molar refractivity (Wildman–Crippen MR) is 112 cm³/mol. The lowest BCUT2D eigenvalue weighted by atomic mass is 9.75. The van der Waals surface area contributed by atoms with Crippen molar-refractivity contribution in [1.82, 2.24) is 0 Å². The summed E-state index contributed by atoms with van der Waals surface area (Å²) in [6.45, 7) is 8.16. The summed E-state index contributed by atoms with van der Waals surface area (Å²) in [5, 5.41) is 10.3. The van der Waals surface area contributed by atoms with Gasteiger partial charge in [0.1, 0.15) is 17.6 Å². The van der Waals surface area contributed by atoms with E-state index in [1.165, 1.54) is 17.7 Å². The molecule has 1 atom stereocenters. The second-order valence-corrected chi connectivity index (χ2v) is 9.01. The third-order valence-corrected chi connectivity index (χ3v) is 6.53. The van der Waals surface area contributed by atoms with E-state index in [0.29, 0.717) is 17.1 Å². The highest BCUT2D eigenvalue weighted by Gasteiger charge is 2.52. The molecule has 152 valence electrons. The molecule has 2 aromatic carbocycles. The first-order chi connectivity index (χ1) is 13.6. The van der Waals surface area contributed by atoms with Crippen molar-refractivity contribution in [3.05, 3.63) is 52.0 Å². The van der Waals surface area contributed by atoms with Gasteiger partial charge in [0.2, 0.25) is 0 Å². The van der Waals surface area contributed by atoms with Crippen molar-refractivity contribution in [2.45, 2.75) is 57.8 Å². The maximum absolute atomic E-state index is 11.0. The molecule has 1 aliphatic carbocycles. The molecule has 4 rings (SSSR count). The maximum Gasteiger partial charge on any atom is 0.495 e. The van der Waals surface area contributed by atoms with Crippen LogP contribution in [0.15, 0.2) is 30.3 Å². The Labute approximate surface area is 176 Å². The van der Waals surface area contributed by atoms with Crippen molar-refractivity contribution in [2.24, 2.45) is 0 Å². The summed E-state index contributed by atoms with van der Waals surface area (Å²) < 4.78 is 18.6. The van der Waals surface area contributed by atoms with E-state index in [0.717, 1.165) is 23.9 Å². The van der Waals surface area contributed by atoms with E-state index >= 15 is 0 Å². The quantitative estimate of drug-likeness (QED) is 0.599. The molecule has 0 bridgehead atoms. The molecule has 0 radical (unpaired) electrons. The molecule has 1 N–H and O–H groups in total. The third-order valence-electron chi connectivity index (χ3n) is 6.24. The van der Waals surface area contributed by atoms with Gasteiger partial charge in [-0.3, -0.25) is 4.79 Å². The number of hydrogen-bond acceptors (Lipinski definition) is 5. The van der Waals surface area contributed by atoms with Gasteiger partial charge in [-0.1, -0.05) is 29.8 Å². The van der Waals surface area contributed by atoms with Crippen LogP contribution in [0.3, 0.4) is 0 Å². The predicted octanol–water partition coefficient (Wildman–Crippen LogP) is 4.22. The second kappa shape index (κ2) is 7.04. The number of rotatable bonds is 4. The highest BCUT2D eigenvalue weighted by molar-refractivity contribution is 6.62.